The lowest BCUT2D eigenvalue weighted by Gasteiger charge is -2.32. The van der Waals surface area contributed by atoms with Crippen LogP contribution in [0, 0.1) is 0 Å². The van der Waals surface area contributed by atoms with Gasteiger partial charge in [-0.1, -0.05) is 11.6 Å². The number of nitrogens with one attached hydrogen (secondary N) is 1. The highest BCUT2D eigenvalue weighted by atomic mass is 35.5. The van der Waals surface area contributed by atoms with Crippen LogP contribution in [0.15, 0.2) is 12.1 Å². The van der Waals surface area contributed by atoms with E-state index in [4.69, 9.17) is 11.6 Å². The number of likely N-dealkylation sites (N-methyl/N-ethyl adjacent to an activating group) is 1. The molecule has 2 rings (SSSR count). The Morgan fingerprint density at radius 1 is 1.50 bits per heavy atom. The zero-order valence-electron chi connectivity index (χ0n) is 9.49. The number of rotatable bonds is 3. The number of hydrogen-bond acceptors (Lipinski definition) is 4. The van der Waals surface area contributed by atoms with Gasteiger partial charge in [0.05, 0.1) is 5.69 Å². The summed E-state index contributed by atoms with van der Waals surface area (Å²) in [5.74, 6) is 0. The number of nitrogens with zero attached hydrogens (tertiary/aromatic N) is 3. The Balaban J connectivity index is 1.91. The second kappa shape index (κ2) is 5.57. The lowest BCUT2D eigenvalue weighted by molar-refractivity contribution is 0.185. The van der Waals surface area contributed by atoms with Gasteiger partial charge in [0.15, 0.2) is 5.15 Å². The highest BCUT2D eigenvalue weighted by Crippen LogP contribution is 2.12. The SMILES string of the molecule is CN[C@@H]1CCCN(Cc2ccc(Cl)nn2)C1. The van der Waals surface area contributed by atoms with Gasteiger partial charge in [0.1, 0.15) is 0 Å². The van der Waals surface area contributed by atoms with E-state index >= 15 is 0 Å². The maximum atomic E-state index is 5.70. The summed E-state index contributed by atoms with van der Waals surface area (Å²) in [6, 6.07) is 4.34. The third-order valence-electron chi connectivity index (χ3n) is 2.99. The van der Waals surface area contributed by atoms with E-state index in [0.29, 0.717) is 11.2 Å². The molecule has 0 aromatic carbocycles. The zero-order chi connectivity index (χ0) is 11.4. The molecule has 16 heavy (non-hydrogen) atoms. The molecule has 4 nitrogen and oxygen atoms in total. The number of aromatic nitrogens is 2. The van der Waals surface area contributed by atoms with E-state index in [0.717, 1.165) is 25.3 Å². The van der Waals surface area contributed by atoms with E-state index in [1.54, 1.807) is 6.07 Å². The first-order chi connectivity index (χ1) is 7.78. The molecule has 0 unspecified atom stereocenters. The van der Waals surface area contributed by atoms with Gasteiger partial charge in [-0.05, 0) is 38.6 Å². The van der Waals surface area contributed by atoms with Crippen LogP contribution in [0.25, 0.3) is 0 Å². The standard InChI is InChI=1S/C11H17ClN4/c1-13-9-3-2-6-16(7-9)8-10-4-5-11(12)15-14-10/h4-5,9,13H,2-3,6-8H2,1H3/t9-/m1/s1. The molecule has 1 atom stereocenters. The fourth-order valence-corrected chi connectivity index (χ4v) is 2.19. The molecule has 0 saturated carbocycles. The molecule has 0 bridgehead atoms. The number of piperidine rings is 1. The molecule has 0 aliphatic carbocycles. The Hall–Kier alpha value is -0.710. The monoisotopic (exact) mass is 240 g/mol. The molecule has 1 aromatic rings. The first-order valence-electron chi connectivity index (χ1n) is 5.65. The van der Waals surface area contributed by atoms with Crippen molar-refractivity contribution in [2.24, 2.45) is 0 Å². The van der Waals surface area contributed by atoms with Crippen LogP contribution >= 0.6 is 11.6 Å². The van der Waals surface area contributed by atoms with Gasteiger partial charge in [-0.15, -0.1) is 5.10 Å². The molecule has 1 aromatic heterocycles. The number of likely N-dealkylation sites (tertiary alicyclic amines) is 1. The second-order valence-electron chi connectivity index (χ2n) is 4.21. The van der Waals surface area contributed by atoms with Crippen molar-refractivity contribution in [3.63, 3.8) is 0 Å². The first kappa shape index (κ1) is 11.8. The Labute approximate surface area is 101 Å². The summed E-state index contributed by atoms with van der Waals surface area (Å²) in [6.07, 6.45) is 2.51. The van der Waals surface area contributed by atoms with Gasteiger partial charge in [-0.3, -0.25) is 4.90 Å². The van der Waals surface area contributed by atoms with Crippen LogP contribution in [-0.2, 0) is 6.54 Å². The molecule has 1 saturated heterocycles. The molecular weight excluding hydrogens is 224 g/mol. The average Bonchev–Trinajstić information content (AvgIpc) is 2.32. The Morgan fingerprint density at radius 3 is 3.06 bits per heavy atom. The predicted octanol–water partition coefficient (Wildman–Crippen LogP) is 1.31. The van der Waals surface area contributed by atoms with Gasteiger partial charge in [0.25, 0.3) is 0 Å². The molecular formula is C11H17ClN4. The van der Waals surface area contributed by atoms with Gasteiger partial charge in [0.2, 0.25) is 0 Å². The van der Waals surface area contributed by atoms with Crippen LogP contribution in [0.4, 0.5) is 0 Å². The second-order valence-corrected chi connectivity index (χ2v) is 4.60. The van der Waals surface area contributed by atoms with Crippen molar-refractivity contribution in [1.29, 1.82) is 0 Å². The molecule has 1 N–H and O–H groups in total. The van der Waals surface area contributed by atoms with Crippen LogP contribution in [0.1, 0.15) is 18.5 Å². The minimum absolute atomic E-state index is 0.454. The maximum absolute atomic E-state index is 5.70. The van der Waals surface area contributed by atoms with Crippen LogP contribution in [0.5, 0.6) is 0 Å². The molecule has 1 fully saturated rings. The molecule has 5 heteroatoms. The quantitative estimate of drug-likeness (QED) is 0.865. The van der Waals surface area contributed by atoms with Crippen LogP contribution in [0.2, 0.25) is 5.15 Å². The zero-order valence-corrected chi connectivity index (χ0v) is 10.2. The van der Waals surface area contributed by atoms with E-state index in [2.05, 4.69) is 20.4 Å². The van der Waals surface area contributed by atoms with Crippen molar-refractivity contribution in [1.82, 2.24) is 20.4 Å². The summed E-state index contributed by atoms with van der Waals surface area (Å²) in [5, 5.41) is 11.7. The molecule has 88 valence electrons. The largest absolute Gasteiger partial charge is 0.316 e. The van der Waals surface area contributed by atoms with E-state index in [9.17, 15) is 0 Å². The van der Waals surface area contributed by atoms with Crippen molar-refractivity contribution in [2.45, 2.75) is 25.4 Å². The van der Waals surface area contributed by atoms with Crippen LogP contribution in [-0.4, -0.2) is 41.3 Å². The maximum Gasteiger partial charge on any atom is 0.151 e. The molecule has 0 amide bonds. The molecule has 1 aliphatic heterocycles. The summed E-state index contributed by atoms with van der Waals surface area (Å²) in [6.45, 7) is 3.09. The average molecular weight is 241 g/mol. The van der Waals surface area contributed by atoms with Crippen LogP contribution < -0.4 is 5.32 Å². The molecule has 0 spiro atoms. The minimum atomic E-state index is 0.454. The van der Waals surface area contributed by atoms with E-state index < -0.39 is 0 Å². The molecule has 1 aliphatic rings. The van der Waals surface area contributed by atoms with Crippen LogP contribution in [0.3, 0.4) is 0 Å². The smallest absolute Gasteiger partial charge is 0.151 e. The first-order valence-corrected chi connectivity index (χ1v) is 6.03. The van der Waals surface area contributed by atoms with Gasteiger partial charge in [-0.2, -0.15) is 5.10 Å². The van der Waals surface area contributed by atoms with Crippen molar-refractivity contribution < 1.29 is 0 Å². The molecule has 0 radical (unpaired) electrons. The van der Waals surface area contributed by atoms with Gasteiger partial charge in [0, 0.05) is 19.1 Å². The van der Waals surface area contributed by atoms with E-state index in [-0.39, 0.29) is 0 Å². The summed E-state index contributed by atoms with van der Waals surface area (Å²) >= 11 is 5.70. The van der Waals surface area contributed by atoms with Gasteiger partial charge < -0.3 is 5.32 Å². The highest BCUT2D eigenvalue weighted by molar-refractivity contribution is 6.29. The van der Waals surface area contributed by atoms with Gasteiger partial charge >= 0.3 is 0 Å². The fraction of sp³-hybridized carbons (Fsp3) is 0.636. The summed E-state index contributed by atoms with van der Waals surface area (Å²) in [5.41, 5.74) is 0.987. The highest BCUT2D eigenvalue weighted by Gasteiger charge is 2.18. The number of hydrogen-bond donors (Lipinski definition) is 1. The normalized spacial score (nSPS) is 22.2. The van der Waals surface area contributed by atoms with Crippen molar-refractivity contribution in [3.05, 3.63) is 23.0 Å². The lowest BCUT2D eigenvalue weighted by Crippen LogP contribution is -2.44. The van der Waals surface area contributed by atoms with Crippen molar-refractivity contribution >= 4 is 11.6 Å². The Morgan fingerprint density at radius 2 is 2.38 bits per heavy atom. The summed E-state index contributed by atoms with van der Waals surface area (Å²) in [4.78, 5) is 2.41. The van der Waals surface area contributed by atoms with Crippen molar-refractivity contribution in [3.8, 4) is 0 Å². The number of halogens is 1. The summed E-state index contributed by atoms with van der Waals surface area (Å²) < 4.78 is 0. The third kappa shape index (κ3) is 3.14. The predicted molar refractivity (Wildman–Crippen MR) is 64.4 cm³/mol. The lowest BCUT2D eigenvalue weighted by atomic mass is 10.1. The molecule has 2 heterocycles. The Bertz CT molecular complexity index is 327. The third-order valence-corrected chi connectivity index (χ3v) is 3.19. The van der Waals surface area contributed by atoms with Gasteiger partial charge in [-0.25, -0.2) is 0 Å². The minimum Gasteiger partial charge on any atom is -0.316 e. The van der Waals surface area contributed by atoms with Crippen molar-refractivity contribution in [2.75, 3.05) is 20.1 Å². The fourth-order valence-electron chi connectivity index (χ4n) is 2.09. The van der Waals surface area contributed by atoms with E-state index in [1.807, 2.05) is 13.1 Å². The summed E-state index contributed by atoms with van der Waals surface area (Å²) in [7, 11) is 2.02. The Kier molecular flexibility index (Phi) is 4.09. The van der Waals surface area contributed by atoms with E-state index in [1.165, 1.54) is 12.8 Å². The topological polar surface area (TPSA) is 41.0 Å².